The third-order valence-corrected chi connectivity index (χ3v) is 2.68. The standard InChI is InChI=1S/C13H11ClN2O2/c1-8-2-4-9(5-3-8)15-11-7-6-10(14)12(16-11)13(17)18/h2-7H,1H3,(H,15,16)(H,17,18). The van der Waals surface area contributed by atoms with E-state index >= 15 is 0 Å². The van der Waals surface area contributed by atoms with Gasteiger partial charge in [0, 0.05) is 5.69 Å². The molecule has 0 saturated carbocycles. The van der Waals surface area contributed by atoms with Crippen LogP contribution in [-0.2, 0) is 0 Å². The highest BCUT2D eigenvalue weighted by atomic mass is 35.5. The molecule has 0 atom stereocenters. The van der Waals surface area contributed by atoms with Crippen molar-refractivity contribution < 1.29 is 9.90 Å². The van der Waals surface area contributed by atoms with Crippen LogP contribution in [-0.4, -0.2) is 16.1 Å². The summed E-state index contributed by atoms with van der Waals surface area (Å²) in [6.45, 7) is 1.99. The number of carbonyl (C=O) groups is 1. The van der Waals surface area contributed by atoms with E-state index in [9.17, 15) is 4.79 Å². The Balaban J connectivity index is 2.27. The fraction of sp³-hybridized carbons (Fsp3) is 0.0769. The highest BCUT2D eigenvalue weighted by molar-refractivity contribution is 6.33. The maximum atomic E-state index is 10.9. The number of halogens is 1. The van der Waals surface area contributed by atoms with Crippen LogP contribution in [0.25, 0.3) is 0 Å². The monoisotopic (exact) mass is 262 g/mol. The number of pyridine rings is 1. The Bertz CT molecular complexity index is 582. The maximum absolute atomic E-state index is 10.9. The molecule has 4 nitrogen and oxygen atoms in total. The van der Waals surface area contributed by atoms with Gasteiger partial charge in [-0.2, -0.15) is 0 Å². The van der Waals surface area contributed by atoms with E-state index in [1.54, 1.807) is 6.07 Å². The van der Waals surface area contributed by atoms with Crippen molar-refractivity contribution >= 4 is 29.1 Å². The number of aromatic nitrogens is 1. The average molecular weight is 263 g/mol. The second-order valence-electron chi connectivity index (χ2n) is 3.82. The van der Waals surface area contributed by atoms with Crippen LogP contribution in [0, 0.1) is 6.92 Å². The van der Waals surface area contributed by atoms with E-state index in [0.717, 1.165) is 11.3 Å². The average Bonchev–Trinajstić information content (AvgIpc) is 2.34. The van der Waals surface area contributed by atoms with Crippen molar-refractivity contribution in [3.8, 4) is 0 Å². The van der Waals surface area contributed by atoms with Crippen molar-refractivity contribution in [2.75, 3.05) is 5.32 Å². The van der Waals surface area contributed by atoms with Crippen molar-refractivity contribution in [3.63, 3.8) is 0 Å². The number of carboxylic acids is 1. The number of hydrogen-bond donors (Lipinski definition) is 2. The van der Waals surface area contributed by atoms with Gasteiger partial charge in [-0.15, -0.1) is 0 Å². The third-order valence-electron chi connectivity index (χ3n) is 2.37. The molecule has 1 aromatic heterocycles. The fourth-order valence-corrected chi connectivity index (χ4v) is 1.63. The lowest BCUT2D eigenvalue weighted by Gasteiger charge is -2.07. The molecule has 1 aromatic carbocycles. The molecular weight excluding hydrogens is 252 g/mol. The van der Waals surface area contributed by atoms with E-state index in [1.165, 1.54) is 6.07 Å². The zero-order valence-corrected chi connectivity index (χ0v) is 10.4. The normalized spacial score (nSPS) is 10.1. The molecule has 2 aromatic rings. The molecule has 0 amide bonds. The Morgan fingerprint density at radius 3 is 2.50 bits per heavy atom. The molecule has 0 aliphatic heterocycles. The molecule has 0 unspecified atom stereocenters. The molecule has 2 N–H and O–H groups in total. The van der Waals surface area contributed by atoms with Gasteiger partial charge in [-0.1, -0.05) is 29.3 Å². The van der Waals surface area contributed by atoms with E-state index in [0.29, 0.717) is 5.82 Å². The number of benzene rings is 1. The molecule has 2 rings (SSSR count). The zero-order chi connectivity index (χ0) is 13.1. The van der Waals surface area contributed by atoms with Gasteiger partial charge in [0.05, 0.1) is 5.02 Å². The minimum atomic E-state index is -1.15. The molecule has 0 spiro atoms. The number of rotatable bonds is 3. The Morgan fingerprint density at radius 1 is 1.22 bits per heavy atom. The van der Waals surface area contributed by atoms with E-state index in [-0.39, 0.29) is 10.7 Å². The summed E-state index contributed by atoms with van der Waals surface area (Å²) in [5, 5.41) is 12.1. The topological polar surface area (TPSA) is 62.2 Å². The summed E-state index contributed by atoms with van der Waals surface area (Å²) in [6.07, 6.45) is 0. The molecule has 0 aliphatic rings. The number of anilines is 2. The molecule has 0 bridgehead atoms. The lowest BCUT2D eigenvalue weighted by Crippen LogP contribution is -2.04. The summed E-state index contributed by atoms with van der Waals surface area (Å²) in [5.74, 6) is -0.701. The smallest absolute Gasteiger partial charge is 0.356 e. The predicted molar refractivity (Wildman–Crippen MR) is 70.7 cm³/mol. The first-order chi connectivity index (χ1) is 8.56. The second kappa shape index (κ2) is 5.06. The van der Waals surface area contributed by atoms with Crippen LogP contribution in [0.2, 0.25) is 5.02 Å². The summed E-state index contributed by atoms with van der Waals surface area (Å²) in [4.78, 5) is 14.8. The Morgan fingerprint density at radius 2 is 1.89 bits per heavy atom. The van der Waals surface area contributed by atoms with Gasteiger partial charge in [0.15, 0.2) is 5.69 Å². The zero-order valence-electron chi connectivity index (χ0n) is 9.64. The van der Waals surface area contributed by atoms with E-state index in [1.807, 2.05) is 31.2 Å². The third kappa shape index (κ3) is 2.78. The predicted octanol–water partition coefficient (Wildman–Crippen LogP) is 3.49. The number of nitrogens with one attached hydrogen (secondary N) is 1. The van der Waals surface area contributed by atoms with E-state index in [2.05, 4.69) is 10.3 Å². The number of carboxylic acid groups (broad SMARTS) is 1. The van der Waals surface area contributed by atoms with Gasteiger partial charge in [0.2, 0.25) is 0 Å². The van der Waals surface area contributed by atoms with Crippen LogP contribution in [0.4, 0.5) is 11.5 Å². The summed E-state index contributed by atoms with van der Waals surface area (Å²) in [6, 6.07) is 10.8. The van der Waals surface area contributed by atoms with Gasteiger partial charge in [-0.25, -0.2) is 9.78 Å². The molecule has 5 heteroatoms. The summed E-state index contributed by atoms with van der Waals surface area (Å²) < 4.78 is 0. The SMILES string of the molecule is Cc1ccc(Nc2ccc(Cl)c(C(=O)O)n2)cc1. The lowest BCUT2D eigenvalue weighted by molar-refractivity contribution is 0.0691. The van der Waals surface area contributed by atoms with Crippen molar-refractivity contribution in [3.05, 3.63) is 52.7 Å². The first-order valence-electron chi connectivity index (χ1n) is 5.30. The van der Waals surface area contributed by atoms with Crippen molar-refractivity contribution in [1.82, 2.24) is 4.98 Å². The van der Waals surface area contributed by atoms with Crippen LogP contribution >= 0.6 is 11.6 Å². The summed E-state index contributed by atoms with van der Waals surface area (Å²) in [5.41, 5.74) is 1.83. The van der Waals surface area contributed by atoms with Crippen molar-refractivity contribution in [2.24, 2.45) is 0 Å². The van der Waals surface area contributed by atoms with Crippen LogP contribution < -0.4 is 5.32 Å². The number of aryl methyl sites for hydroxylation is 1. The highest BCUT2D eigenvalue weighted by Gasteiger charge is 2.11. The van der Waals surface area contributed by atoms with Crippen LogP contribution in [0.3, 0.4) is 0 Å². The highest BCUT2D eigenvalue weighted by Crippen LogP contribution is 2.20. The first-order valence-corrected chi connectivity index (χ1v) is 5.67. The number of nitrogens with zero attached hydrogens (tertiary/aromatic N) is 1. The van der Waals surface area contributed by atoms with Crippen molar-refractivity contribution in [2.45, 2.75) is 6.92 Å². The fourth-order valence-electron chi connectivity index (χ4n) is 1.45. The summed E-state index contributed by atoms with van der Waals surface area (Å²) in [7, 11) is 0. The van der Waals surface area contributed by atoms with Crippen LogP contribution in [0.1, 0.15) is 16.1 Å². The molecule has 0 fully saturated rings. The van der Waals surface area contributed by atoms with E-state index in [4.69, 9.17) is 16.7 Å². The van der Waals surface area contributed by atoms with Crippen LogP contribution in [0.15, 0.2) is 36.4 Å². The van der Waals surface area contributed by atoms with Gasteiger partial charge in [-0.3, -0.25) is 0 Å². The molecular formula is C13H11ClN2O2. The van der Waals surface area contributed by atoms with Gasteiger partial charge < -0.3 is 10.4 Å². The molecule has 1 heterocycles. The molecule has 92 valence electrons. The molecule has 0 saturated heterocycles. The van der Waals surface area contributed by atoms with E-state index < -0.39 is 5.97 Å². The van der Waals surface area contributed by atoms with Gasteiger partial charge in [0.1, 0.15) is 5.82 Å². The molecule has 18 heavy (non-hydrogen) atoms. The lowest BCUT2D eigenvalue weighted by atomic mass is 10.2. The molecule has 0 aliphatic carbocycles. The Kier molecular flexibility index (Phi) is 3.48. The molecule has 0 radical (unpaired) electrons. The first kappa shape index (κ1) is 12.4. The minimum Gasteiger partial charge on any atom is -0.476 e. The maximum Gasteiger partial charge on any atom is 0.356 e. The quantitative estimate of drug-likeness (QED) is 0.889. The number of aromatic carboxylic acids is 1. The minimum absolute atomic E-state index is 0.122. The second-order valence-corrected chi connectivity index (χ2v) is 4.23. The number of hydrogen-bond acceptors (Lipinski definition) is 3. The van der Waals surface area contributed by atoms with Crippen molar-refractivity contribution in [1.29, 1.82) is 0 Å². The van der Waals surface area contributed by atoms with Gasteiger partial charge in [0.25, 0.3) is 0 Å². The largest absolute Gasteiger partial charge is 0.476 e. The van der Waals surface area contributed by atoms with Crippen LogP contribution in [0.5, 0.6) is 0 Å². The van der Waals surface area contributed by atoms with Gasteiger partial charge in [-0.05, 0) is 31.2 Å². The Hall–Kier alpha value is -2.07. The Labute approximate surface area is 109 Å². The summed E-state index contributed by atoms with van der Waals surface area (Å²) >= 11 is 5.74. The van der Waals surface area contributed by atoms with Gasteiger partial charge >= 0.3 is 5.97 Å².